The van der Waals surface area contributed by atoms with Crippen LogP contribution in [0.3, 0.4) is 0 Å². The Morgan fingerprint density at radius 2 is 2.04 bits per heavy atom. The second-order valence-corrected chi connectivity index (χ2v) is 6.02. The second kappa shape index (κ2) is 8.06. The van der Waals surface area contributed by atoms with E-state index in [1.165, 1.54) is 6.07 Å². The largest absolute Gasteiger partial charge is 0.497 e. The molecule has 0 spiro atoms. The van der Waals surface area contributed by atoms with Crippen molar-refractivity contribution in [3.63, 3.8) is 0 Å². The molecule has 3 rings (SSSR count). The average Bonchev–Trinajstić information content (AvgIpc) is 2.95. The molecule has 134 valence electrons. The monoisotopic (exact) mass is 372 g/mol. The van der Waals surface area contributed by atoms with Gasteiger partial charge in [0, 0.05) is 18.4 Å². The first kappa shape index (κ1) is 18.0. The quantitative estimate of drug-likeness (QED) is 0.328. The highest BCUT2D eigenvalue weighted by Crippen LogP contribution is 2.35. The highest BCUT2D eigenvalue weighted by Gasteiger charge is 2.28. The van der Waals surface area contributed by atoms with Gasteiger partial charge in [-0.3, -0.25) is 9.59 Å². The molecule has 2 aromatic rings. The lowest BCUT2D eigenvalue weighted by atomic mass is 10.1. The lowest BCUT2D eigenvalue weighted by Gasteiger charge is -2.05. The standard InChI is InChI=1S/C20H17ClO5/c1-24-14-5-2-4-13(10-14)11-18-20(23)16-8-7-15(12-17(16)26-18)25-19(22)6-3-9-21/h2,4-5,7-8,10-12H,3,6,9H2,1H3. The van der Waals surface area contributed by atoms with Crippen LogP contribution in [0.5, 0.6) is 17.2 Å². The summed E-state index contributed by atoms with van der Waals surface area (Å²) in [5.74, 6) is 1.40. The summed E-state index contributed by atoms with van der Waals surface area (Å²) in [4.78, 5) is 24.2. The molecule has 1 heterocycles. The highest BCUT2D eigenvalue weighted by atomic mass is 35.5. The van der Waals surface area contributed by atoms with Crippen LogP contribution < -0.4 is 14.2 Å². The topological polar surface area (TPSA) is 61.8 Å². The number of benzene rings is 2. The third-order valence-electron chi connectivity index (χ3n) is 3.78. The Morgan fingerprint density at radius 3 is 2.81 bits per heavy atom. The third kappa shape index (κ3) is 4.06. The van der Waals surface area contributed by atoms with Crippen molar-refractivity contribution in [2.75, 3.05) is 13.0 Å². The van der Waals surface area contributed by atoms with Crippen LogP contribution in [0.4, 0.5) is 0 Å². The van der Waals surface area contributed by atoms with E-state index in [1.54, 1.807) is 31.4 Å². The normalized spacial score (nSPS) is 14.1. The Labute approximate surface area is 156 Å². The molecule has 0 saturated carbocycles. The van der Waals surface area contributed by atoms with Crippen LogP contribution in [0.2, 0.25) is 0 Å². The summed E-state index contributed by atoms with van der Waals surface area (Å²) >= 11 is 5.56. The minimum Gasteiger partial charge on any atom is -0.497 e. The van der Waals surface area contributed by atoms with Gasteiger partial charge in [-0.05, 0) is 42.3 Å². The lowest BCUT2D eigenvalue weighted by molar-refractivity contribution is -0.134. The predicted octanol–water partition coefficient (Wildman–Crippen LogP) is 4.24. The Bertz CT molecular complexity index is 872. The first-order valence-corrected chi connectivity index (χ1v) is 8.63. The van der Waals surface area contributed by atoms with Gasteiger partial charge in [-0.25, -0.2) is 0 Å². The smallest absolute Gasteiger partial charge is 0.311 e. The molecule has 26 heavy (non-hydrogen) atoms. The van der Waals surface area contributed by atoms with E-state index in [0.717, 1.165) is 5.56 Å². The minimum atomic E-state index is -0.373. The zero-order valence-corrected chi connectivity index (χ0v) is 14.9. The number of hydrogen-bond donors (Lipinski definition) is 0. The number of carbonyl (C=O) groups excluding carboxylic acids is 2. The molecule has 0 atom stereocenters. The van der Waals surface area contributed by atoms with Gasteiger partial charge in [0.25, 0.3) is 0 Å². The van der Waals surface area contributed by atoms with Crippen LogP contribution >= 0.6 is 11.6 Å². The number of rotatable bonds is 6. The fraction of sp³-hybridized carbons (Fsp3) is 0.200. The van der Waals surface area contributed by atoms with Crippen LogP contribution in [0, 0.1) is 0 Å². The highest BCUT2D eigenvalue weighted by molar-refractivity contribution is 6.18. The van der Waals surface area contributed by atoms with Crippen molar-refractivity contribution in [2.45, 2.75) is 12.8 Å². The Kier molecular flexibility index (Phi) is 5.58. The van der Waals surface area contributed by atoms with Crippen molar-refractivity contribution in [2.24, 2.45) is 0 Å². The molecule has 0 saturated heterocycles. The van der Waals surface area contributed by atoms with Gasteiger partial charge in [0.15, 0.2) is 5.76 Å². The molecule has 0 amide bonds. The van der Waals surface area contributed by atoms with Crippen LogP contribution in [-0.2, 0) is 4.79 Å². The molecule has 1 aliphatic rings. The number of fused-ring (bicyclic) bond motifs is 1. The number of halogens is 1. The van der Waals surface area contributed by atoms with Gasteiger partial charge in [0.2, 0.25) is 5.78 Å². The van der Waals surface area contributed by atoms with E-state index < -0.39 is 0 Å². The van der Waals surface area contributed by atoms with E-state index in [-0.39, 0.29) is 23.9 Å². The van der Waals surface area contributed by atoms with E-state index in [4.69, 9.17) is 25.8 Å². The molecule has 0 N–H and O–H groups in total. The molecule has 1 aliphatic heterocycles. The summed E-state index contributed by atoms with van der Waals surface area (Å²) in [7, 11) is 1.58. The van der Waals surface area contributed by atoms with Gasteiger partial charge in [0.1, 0.15) is 17.2 Å². The first-order chi connectivity index (χ1) is 12.6. The summed E-state index contributed by atoms with van der Waals surface area (Å²) in [6.45, 7) is 0. The van der Waals surface area contributed by atoms with Crippen molar-refractivity contribution in [1.82, 2.24) is 0 Å². The average molecular weight is 373 g/mol. The van der Waals surface area contributed by atoms with Crippen LogP contribution in [0.25, 0.3) is 6.08 Å². The molecule has 5 nitrogen and oxygen atoms in total. The summed E-state index contributed by atoms with van der Waals surface area (Å²) < 4.78 is 16.1. The van der Waals surface area contributed by atoms with E-state index in [9.17, 15) is 9.59 Å². The van der Waals surface area contributed by atoms with Crippen molar-refractivity contribution in [1.29, 1.82) is 0 Å². The fourth-order valence-corrected chi connectivity index (χ4v) is 2.64. The van der Waals surface area contributed by atoms with Gasteiger partial charge in [0.05, 0.1) is 12.7 Å². The van der Waals surface area contributed by atoms with Crippen LogP contribution in [0.1, 0.15) is 28.8 Å². The van der Waals surface area contributed by atoms with Crippen molar-refractivity contribution in [3.05, 3.63) is 59.4 Å². The zero-order valence-electron chi connectivity index (χ0n) is 14.2. The number of ketones is 1. The number of methoxy groups -OCH3 is 1. The lowest BCUT2D eigenvalue weighted by Crippen LogP contribution is -2.07. The molecule has 6 heteroatoms. The third-order valence-corrected chi connectivity index (χ3v) is 4.05. The van der Waals surface area contributed by atoms with Crippen LogP contribution in [-0.4, -0.2) is 24.7 Å². The Hall–Kier alpha value is -2.79. The molecule has 0 aliphatic carbocycles. The molecule has 0 fully saturated rings. The number of ether oxygens (including phenoxy) is 3. The summed E-state index contributed by atoms with van der Waals surface area (Å²) in [6.07, 6.45) is 2.44. The summed E-state index contributed by atoms with van der Waals surface area (Å²) in [5, 5.41) is 0. The number of alkyl halides is 1. The summed E-state index contributed by atoms with van der Waals surface area (Å²) in [5.41, 5.74) is 1.22. The maximum absolute atomic E-state index is 12.5. The first-order valence-electron chi connectivity index (χ1n) is 8.09. The van der Waals surface area contributed by atoms with Gasteiger partial charge in [-0.15, -0.1) is 11.6 Å². The molecule has 0 unspecified atom stereocenters. The molecule has 2 aromatic carbocycles. The molecule has 0 bridgehead atoms. The van der Waals surface area contributed by atoms with E-state index in [1.807, 2.05) is 18.2 Å². The molecular formula is C20H17ClO5. The number of allylic oxidation sites excluding steroid dienone is 1. The van der Waals surface area contributed by atoms with Crippen molar-refractivity contribution < 1.29 is 23.8 Å². The molecule has 0 radical (unpaired) electrons. The van der Waals surface area contributed by atoms with Gasteiger partial charge < -0.3 is 14.2 Å². The van der Waals surface area contributed by atoms with Gasteiger partial charge in [-0.2, -0.15) is 0 Å². The van der Waals surface area contributed by atoms with Gasteiger partial charge in [-0.1, -0.05) is 12.1 Å². The summed E-state index contributed by atoms with van der Waals surface area (Å²) in [6, 6.07) is 12.0. The maximum Gasteiger partial charge on any atom is 0.311 e. The van der Waals surface area contributed by atoms with E-state index >= 15 is 0 Å². The van der Waals surface area contributed by atoms with E-state index in [0.29, 0.717) is 35.1 Å². The van der Waals surface area contributed by atoms with E-state index in [2.05, 4.69) is 0 Å². The number of Topliss-reactive ketones (excluding diaryl/α,β-unsaturated/α-hetero) is 1. The van der Waals surface area contributed by atoms with Crippen molar-refractivity contribution in [3.8, 4) is 17.2 Å². The van der Waals surface area contributed by atoms with Crippen LogP contribution in [0.15, 0.2) is 48.2 Å². The van der Waals surface area contributed by atoms with Gasteiger partial charge >= 0.3 is 5.97 Å². The SMILES string of the molecule is COc1cccc(C=C2Oc3cc(OC(=O)CCCCl)ccc3C2=O)c1. The fourth-order valence-electron chi connectivity index (χ4n) is 2.51. The second-order valence-electron chi connectivity index (χ2n) is 5.64. The number of carbonyl (C=O) groups is 2. The maximum atomic E-state index is 12.5. The molecule has 0 aromatic heterocycles. The Morgan fingerprint density at radius 1 is 1.19 bits per heavy atom. The predicted molar refractivity (Wildman–Crippen MR) is 98.0 cm³/mol. The number of esters is 1. The zero-order chi connectivity index (χ0) is 18.5. The molecular weight excluding hydrogens is 356 g/mol. The minimum absolute atomic E-state index is 0.207. The Balaban J connectivity index is 1.78. The number of hydrogen-bond acceptors (Lipinski definition) is 5. The van der Waals surface area contributed by atoms with Crippen molar-refractivity contribution >= 4 is 29.4 Å².